The van der Waals surface area contributed by atoms with Crippen LogP contribution < -0.4 is 5.32 Å². The number of nitrogens with zero attached hydrogens (tertiary/aromatic N) is 1. The van der Waals surface area contributed by atoms with Gasteiger partial charge in [0, 0.05) is 16.6 Å². The number of fused-ring (bicyclic) bond motifs is 1. The quantitative estimate of drug-likeness (QED) is 0.850. The Kier molecular flexibility index (Phi) is 4.55. The van der Waals surface area contributed by atoms with Crippen molar-refractivity contribution in [2.75, 3.05) is 6.54 Å². The van der Waals surface area contributed by atoms with Gasteiger partial charge in [0.25, 0.3) is 11.8 Å². The fourth-order valence-corrected chi connectivity index (χ4v) is 2.82. The Hall–Kier alpha value is -2.37. The molecule has 3 rings (SSSR count). The Bertz CT molecular complexity index is 851. The molecule has 1 aliphatic heterocycles. The molecule has 0 aliphatic carbocycles. The number of amides is 3. The first-order valence-corrected chi connectivity index (χ1v) is 7.89. The highest BCUT2D eigenvalue weighted by atomic mass is 35.5. The average molecular weight is 363 g/mol. The molecule has 122 valence electrons. The topological polar surface area (TPSA) is 66.5 Å². The number of benzene rings is 2. The van der Waals surface area contributed by atoms with Crippen molar-refractivity contribution >= 4 is 40.9 Å². The summed E-state index contributed by atoms with van der Waals surface area (Å²) in [7, 11) is 0. The third kappa shape index (κ3) is 3.13. The maximum absolute atomic E-state index is 12.3. The van der Waals surface area contributed by atoms with E-state index in [1.54, 1.807) is 24.3 Å². The molecule has 2 aromatic carbocycles. The summed E-state index contributed by atoms with van der Waals surface area (Å²) in [6.07, 6.45) is 0. The van der Waals surface area contributed by atoms with Crippen LogP contribution in [0.4, 0.5) is 0 Å². The first kappa shape index (κ1) is 16.5. The number of hydrogen-bond donors (Lipinski definition) is 1. The van der Waals surface area contributed by atoms with Gasteiger partial charge in [0.15, 0.2) is 0 Å². The van der Waals surface area contributed by atoms with Gasteiger partial charge in [-0.05, 0) is 29.8 Å². The summed E-state index contributed by atoms with van der Waals surface area (Å²) in [5.74, 6) is -1.47. The molecule has 0 atom stereocenters. The van der Waals surface area contributed by atoms with Gasteiger partial charge in [-0.25, -0.2) is 0 Å². The fourth-order valence-electron chi connectivity index (χ4n) is 2.44. The fraction of sp³-hybridized carbons (Fsp3) is 0.118. The molecule has 0 spiro atoms. The summed E-state index contributed by atoms with van der Waals surface area (Å²) in [4.78, 5) is 37.5. The number of carbonyl (C=O) groups excluding carboxylic acids is 3. The maximum atomic E-state index is 12.3. The molecule has 3 amide bonds. The molecule has 1 heterocycles. The van der Waals surface area contributed by atoms with Crippen molar-refractivity contribution < 1.29 is 14.4 Å². The minimum Gasteiger partial charge on any atom is -0.350 e. The third-order valence-electron chi connectivity index (χ3n) is 3.67. The van der Waals surface area contributed by atoms with E-state index in [9.17, 15) is 14.4 Å². The van der Waals surface area contributed by atoms with Crippen LogP contribution in [-0.4, -0.2) is 29.2 Å². The lowest BCUT2D eigenvalue weighted by atomic mass is 10.1. The number of carbonyl (C=O) groups is 3. The maximum Gasteiger partial charge on any atom is 0.262 e. The lowest BCUT2D eigenvalue weighted by Gasteiger charge is -2.14. The molecule has 0 bridgehead atoms. The van der Waals surface area contributed by atoms with E-state index >= 15 is 0 Å². The van der Waals surface area contributed by atoms with E-state index < -0.39 is 17.7 Å². The van der Waals surface area contributed by atoms with E-state index in [0.717, 1.165) is 10.5 Å². The van der Waals surface area contributed by atoms with Crippen molar-refractivity contribution in [2.45, 2.75) is 6.54 Å². The minimum absolute atomic E-state index is 0.214. The number of hydrogen-bond acceptors (Lipinski definition) is 3. The van der Waals surface area contributed by atoms with Crippen molar-refractivity contribution in [2.24, 2.45) is 0 Å². The second-order valence-electron chi connectivity index (χ2n) is 5.25. The normalized spacial score (nSPS) is 13.2. The molecule has 24 heavy (non-hydrogen) atoms. The Labute approximate surface area is 148 Å². The van der Waals surface area contributed by atoms with Crippen LogP contribution in [0.5, 0.6) is 0 Å². The van der Waals surface area contributed by atoms with Gasteiger partial charge >= 0.3 is 0 Å². The van der Waals surface area contributed by atoms with Gasteiger partial charge in [0.05, 0.1) is 11.1 Å². The second kappa shape index (κ2) is 6.63. The van der Waals surface area contributed by atoms with Gasteiger partial charge in [-0.15, -0.1) is 0 Å². The van der Waals surface area contributed by atoms with Crippen molar-refractivity contribution in [1.29, 1.82) is 0 Å². The van der Waals surface area contributed by atoms with E-state index in [-0.39, 0.29) is 24.2 Å². The summed E-state index contributed by atoms with van der Waals surface area (Å²) >= 11 is 11.9. The molecule has 0 fully saturated rings. The lowest BCUT2D eigenvalue weighted by Crippen LogP contribution is -2.40. The molecule has 2 aromatic rings. The first-order chi connectivity index (χ1) is 11.5. The van der Waals surface area contributed by atoms with Gasteiger partial charge < -0.3 is 5.32 Å². The van der Waals surface area contributed by atoms with Crippen LogP contribution in [-0.2, 0) is 11.3 Å². The van der Waals surface area contributed by atoms with Crippen molar-refractivity contribution in [3.63, 3.8) is 0 Å². The first-order valence-electron chi connectivity index (χ1n) is 7.13. The highest BCUT2D eigenvalue weighted by Crippen LogP contribution is 2.25. The molecular weight excluding hydrogens is 351 g/mol. The van der Waals surface area contributed by atoms with E-state index in [1.165, 1.54) is 18.2 Å². The highest BCUT2D eigenvalue weighted by molar-refractivity contribution is 6.32. The molecule has 7 heteroatoms. The van der Waals surface area contributed by atoms with Crippen molar-refractivity contribution in [3.8, 4) is 0 Å². The van der Waals surface area contributed by atoms with Gasteiger partial charge in [-0.1, -0.05) is 41.4 Å². The third-order valence-corrected chi connectivity index (χ3v) is 4.27. The average Bonchev–Trinajstić information content (AvgIpc) is 2.79. The molecule has 1 N–H and O–H groups in total. The number of nitrogens with one attached hydrogen (secondary N) is 1. The molecule has 0 radical (unpaired) electrons. The largest absolute Gasteiger partial charge is 0.350 e. The zero-order valence-corrected chi connectivity index (χ0v) is 13.9. The standard InChI is InChI=1S/C17H12Cl2N2O3/c18-11-5-6-12-13(7-11)17(24)21(16(12)23)9-15(22)20-8-10-3-1-2-4-14(10)19/h1-7H,8-9H2,(H,20,22). The van der Waals surface area contributed by atoms with Crippen LogP contribution in [0, 0.1) is 0 Å². The highest BCUT2D eigenvalue weighted by Gasteiger charge is 2.36. The van der Waals surface area contributed by atoms with Gasteiger partial charge in [0.1, 0.15) is 6.54 Å². The summed E-state index contributed by atoms with van der Waals surface area (Å²) in [5.41, 5.74) is 1.22. The molecule has 0 saturated heterocycles. The number of rotatable bonds is 4. The van der Waals surface area contributed by atoms with Crippen LogP contribution in [0.15, 0.2) is 42.5 Å². The summed E-state index contributed by atoms with van der Waals surface area (Å²) in [5, 5.41) is 3.55. The van der Waals surface area contributed by atoms with Crippen LogP contribution in [0.25, 0.3) is 0 Å². The van der Waals surface area contributed by atoms with Crippen LogP contribution in [0.1, 0.15) is 26.3 Å². The predicted molar refractivity (Wildman–Crippen MR) is 90.1 cm³/mol. The smallest absolute Gasteiger partial charge is 0.262 e. The Morgan fingerprint density at radius 1 is 1.00 bits per heavy atom. The zero-order valence-electron chi connectivity index (χ0n) is 12.4. The van der Waals surface area contributed by atoms with Gasteiger partial charge in [-0.2, -0.15) is 0 Å². The molecule has 0 unspecified atom stereocenters. The van der Waals surface area contributed by atoms with E-state index in [1.807, 2.05) is 0 Å². The van der Waals surface area contributed by atoms with Crippen LogP contribution >= 0.6 is 23.2 Å². The molecule has 0 saturated carbocycles. The van der Waals surface area contributed by atoms with Crippen LogP contribution in [0.3, 0.4) is 0 Å². The zero-order chi connectivity index (χ0) is 17.3. The van der Waals surface area contributed by atoms with E-state index in [2.05, 4.69) is 5.32 Å². The molecular formula is C17H12Cl2N2O3. The van der Waals surface area contributed by atoms with Gasteiger partial charge in [0.2, 0.25) is 5.91 Å². The Balaban J connectivity index is 1.66. The van der Waals surface area contributed by atoms with E-state index in [4.69, 9.17) is 23.2 Å². The van der Waals surface area contributed by atoms with Crippen LogP contribution in [0.2, 0.25) is 10.0 Å². The predicted octanol–water partition coefficient (Wildman–Crippen LogP) is 2.91. The summed E-state index contributed by atoms with van der Waals surface area (Å²) < 4.78 is 0. The van der Waals surface area contributed by atoms with E-state index in [0.29, 0.717) is 10.0 Å². The van der Waals surface area contributed by atoms with Crippen molar-refractivity contribution in [3.05, 3.63) is 69.2 Å². The van der Waals surface area contributed by atoms with Gasteiger partial charge in [-0.3, -0.25) is 19.3 Å². The molecule has 0 aromatic heterocycles. The Morgan fingerprint density at radius 3 is 2.46 bits per heavy atom. The minimum atomic E-state index is -0.523. The SMILES string of the molecule is O=C(CN1C(=O)c2ccc(Cl)cc2C1=O)NCc1ccccc1Cl. The lowest BCUT2D eigenvalue weighted by molar-refractivity contribution is -0.121. The summed E-state index contributed by atoms with van der Waals surface area (Å²) in [6.45, 7) is -0.137. The second-order valence-corrected chi connectivity index (χ2v) is 6.10. The Morgan fingerprint density at radius 2 is 1.71 bits per heavy atom. The molecule has 1 aliphatic rings. The number of halogens is 2. The monoisotopic (exact) mass is 362 g/mol. The molecule has 5 nitrogen and oxygen atoms in total. The summed E-state index contributed by atoms with van der Waals surface area (Å²) in [6, 6.07) is 11.5. The number of imide groups is 1. The van der Waals surface area contributed by atoms with Crippen molar-refractivity contribution in [1.82, 2.24) is 10.2 Å².